The molecule has 0 spiro atoms. The molecule has 0 radical (unpaired) electrons. The van der Waals surface area contributed by atoms with Gasteiger partial charge in [-0.1, -0.05) is 12.1 Å². The minimum absolute atomic E-state index is 0.352. The van der Waals surface area contributed by atoms with Crippen LogP contribution in [0.4, 0.5) is 10.1 Å². The molecule has 2 aromatic carbocycles. The maximum atomic E-state index is 13.0. The highest BCUT2D eigenvalue weighted by Gasteiger charge is 2.11. The first-order valence-corrected chi connectivity index (χ1v) is 6.40. The average Bonchev–Trinajstić information content (AvgIpc) is 2.83. The van der Waals surface area contributed by atoms with Gasteiger partial charge in [0.15, 0.2) is 0 Å². The van der Waals surface area contributed by atoms with Crippen molar-refractivity contribution < 1.29 is 4.39 Å². The molecule has 0 atom stereocenters. The summed E-state index contributed by atoms with van der Waals surface area (Å²) in [4.78, 5) is 11.9. The minimum Gasteiger partial charge on any atom is -0.399 e. The third-order valence-corrected chi connectivity index (χ3v) is 3.17. The van der Waals surface area contributed by atoms with Gasteiger partial charge >= 0.3 is 5.69 Å². The molecular formula is C15H13FN4O. The van der Waals surface area contributed by atoms with Crippen molar-refractivity contribution in [2.24, 2.45) is 0 Å². The molecule has 0 amide bonds. The van der Waals surface area contributed by atoms with Crippen LogP contribution in [0.2, 0.25) is 0 Å². The van der Waals surface area contributed by atoms with E-state index in [1.54, 1.807) is 24.3 Å². The maximum Gasteiger partial charge on any atom is 0.347 e. The summed E-state index contributed by atoms with van der Waals surface area (Å²) in [6.45, 7) is 0. The Kier molecular flexibility index (Phi) is 3.27. The normalized spacial score (nSPS) is 10.7. The van der Waals surface area contributed by atoms with Crippen molar-refractivity contribution in [3.63, 3.8) is 0 Å². The van der Waals surface area contributed by atoms with Crippen molar-refractivity contribution in [1.82, 2.24) is 14.8 Å². The number of aromatic amines is 1. The van der Waals surface area contributed by atoms with Crippen molar-refractivity contribution in [3.8, 4) is 5.69 Å². The van der Waals surface area contributed by atoms with Gasteiger partial charge in [-0.3, -0.25) is 0 Å². The third kappa shape index (κ3) is 2.69. The van der Waals surface area contributed by atoms with E-state index < -0.39 is 0 Å². The number of nitrogens with two attached hydrogens (primary N) is 1. The van der Waals surface area contributed by atoms with Crippen LogP contribution >= 0.6 is 0 Å². The molecule has 0 fully saturated rings. The zero-order valence-corrected chi connectivity index (χ0v) is 11.1. The maximum absolute atomic E-state index is 13.0. The summed E-state index contributed by atoms with van der Waals surface area (Å²) < 4.78 is 14.4. The molecule has 0 aliphatic heterocycles. The Labute approximate surface area is 119 Å². The van der Waals surface area contributed by atoms with E-state index in [0.717, 1.165) is 5.56 Å². The molecule has 0 aliphatic carbocycles. The van der Waals surface area contributed by atoms with E-state index in [2.05, 4.69) is 10.2 Å². The topological polar surface area (TPSA) is 76.7 Å². The van der Waals surface area contributed by atoms with Gasteiger partial charge in [-0.15, -0.1) is 0 Å². The minimum atomic E-state index is -0.355. The fourth-order valence-corrected chi connectivity index (χ4v) is 2.12. The zero-order chi connectivity index (χ0) is 14.8. The molecule has 0 saturated carbocycles. The highest BCUT2D eigenvalue weighted by atomic mass is 19.1. The Hall–Kier alpha value is -2.89. The average molecular weight is 284 g/mol. The monoisotopic (exact) mass is 284 g/mol. The first-order valence-electron chi connectivity index (χ1n) is 6.40. The van der Waals surface area contributed by atoms with Crippen molar-refractivity contribution >= 4 is 5.69 Å². The Bertz CT molecular complexity index is 803. The first-order chi connectivity index (χ1) is 10.1. The van der Waals surface area contributed by atoms with Gasteiger partial charge in [-0.2, -0.15) is 5.10 Å². The van der Waals surface area contributed by atoms with E-state index in [1.807, 2.05) is 12.1 Å². The number of hydrogen-bond acceptors (Lipinski definition) is 3. The van der Waals surface area contributed by atoms with E-state index in [-0.39, 0.29) is 11.5 Å². The highest BCUT2D eigenvalue weighted by Crippen LogP contribution is 2.13. The van der Waals surface area contributed by atoms with E-state index in [9.17, 15) is 9.18 Å². The molecule has 106 valence electrons. The number of aromatic nitrogens is 3. The van der Waals surface area contributed by atoms with E-state index in [0.29, 0.717) is 23.6 Å². The van der Waals surface area contributed by atoms with Gasteiger partial charge in [0.2, 0.25) is 0 Å². The van der Waals surface area contributed by atoms with Gasteiger partial charge in [-0.05, 0) is 42.0 Å². The Morgan fingerprint density at radius 3 is 2.43 bits per heavy atom. The van der Waals surface area contributed by atoms with Gasteiger partial charge in [0, 0.05) is 12.1 Å². The summed E-state index contributed by atoms with van der Waals surface area (Å²) >= 11 is 0. The second kappa shape index (κ2) is 5.24. The number of halogens is 1. The lowest BCUT2D eigenvalue weighted by Crippen LogP contribution is -2.17. The number of benzene rings is 2. The number of H-pyrrole nitrogens is 1. The number of nitrogens with zero attached hydrogens (tertiary/aromatic N) is 2. The summed E-state index contributed by atoms with van der Waals surface area (Å²) in [5.74, 6) is 0.201. The molecule has 0 saturated heterocycles. The molecule has 0 aliphatic rings. The quantitative estimate of drug-likeness (QED) is 0.721. The second-order valence-electron chi connectivity index (χ2n) is 4.68. The van der Waals surface area contributed by atoms with Crippen LogP contribution in [0.15, 0.2) is 53.3 Å². The van der Waals surface area contributed by atoms with Gasteiger partial charge in [0.1, 0.15) is 11.6 Å². The third-order valence-electron chi connectivity index (χ3n) is 3.17. The molecule has 0 bridgehead atoms. The van der Waals surface area contributed by atoms with Crippen molar-refractivity contribution in [2.75, 3.05) is 5.73 Å². The lowest BCUT2D eigenvalue weighted by atomic mass is 10.1. The Morgan fingerprint density at radius 2 is 1.76 bits per heavy atom. The molecule has 3 rings (SSSR count). The van der Waals surface area contributed by atoms with Crippen LogP contribution in [0.25, 0.3) is 5.69 Å². The molecule has 6 heteroatoms. The van der Waals surface area contributed by atoms with Crippen LogP contribution in [0, 0.1) is 5.82 Å². The fourth-order valence-electron chi connectivity index (χ4n) is 2.12. The number of nitrogens with one attached hydrogen (secondary N) is 1. The lowest BCUT2D eigenvalue weighted by Gasteiger charge is -2.06. The highest BCUT2D eigenvalue weighted by molar-refractivity contribution is 5.40. The van der Waals surface area contributed by atoms with Crippen molar-refractivity contribution in [3.05, 3.63) is 76.2 Å². The van der Waals surface area contributed by atoms with Gasteiger partial charge in [-0.25, -0.2) is 18.9 Å². The molecule has 3 N–H and O–H groups in total. The summed E-state index contributed by atoms with van der Waals surface area (Å²) in [5, 5.41) is 6.45. The summed E-state index contributed by atoms with van der Waals surface area (Å²) in [5.41, 5.74) is 7.52. The van der Waals surface area contributed by atoms with E-state index in [1.165, 1.54) is 16.7 Å². The molecule has 1 heterocycles. The molecule has 3 aromatic rings. The van der Waals surface area contributed by atoms with Crippen LogP contribution in [0.1, 0.15) is 11.4 Å². The van der Waals surface area contributed by atoms with Gasteiger partial charge in [0.05, 0.1) is 5.69 Å². The predicted octanol–water partition coefficient (Wildman–Crippen LogP) is 1.87. The molecule has 21 heavy (non-hydrogen) atoms. The lowest BCUT2D eigenvalue weighted by molar-refractivity contribution is 0.627. The van der Waals surface area contributed by atoms with Crippen molar-refractivity contribution in [2.45, 2.75) is 6.42 Å². The van der Waals surface area contributed by atoms with Crippen LogP contribution in [0.3, 0.4) is 0 Å². The van der Waals surface area contributed by atoms with Crippen LogP contribution in [0.5, 0.6) is 0 Å². The zero-order valence-electron chi connectivity index (χ0n) is 11.1. The largest absolute Gasteiger partial charge is 0.399 e. The van der Waals surface area contributed by atoms with E-state index in [4.69, 9.17) is 5.73 Å². The smallest absolute Gasteiger partial charge is 0.347 e. The number of nitrogen functional groups attached to an aromatic ring is 1. The van der Waals surface area contributed by atoms with E-state index >= 15 is 0 Å². The number of anilines is 1. The fraction of sp³-hybridized carbons (Fsp3) is 0.0667. The predicted molar refractivity (Wildman–Crippen MR) is 77.8 cm³/mol. The van der Waals surface area contributed by atoms with Crippen LogP contribution in [-0.4, -0.2) is 14.8 Å². The van der Waals surface area contributed by atoms with Crippen molar-refractivity contribution in [1.29, 1.82) is 0 Å². The summed E-state index contributed by atoms with van der Waals surface area (Å²) in [7, 11) is 0. The summed E-state index contributed by atoms with van der Waals surface area (Å²) in [6.07, 6.45) is 0.469. The number of hydrogen-bond donors (Lipinski definition) is 2. The van der Waals surface area contributed by atoms with Crippen LogP contribution < -0.4 is 11.4 Å². The Balaban J connectivity index is 1.99. The van der Waals surface area contributed by atoms with Gasteiger partial charge < -0.3 is 5.73 Å². The SMILES string of the molecule is Nc1ccc(Cc2n[nH]c(=O)n2-c2ccc(F)cc2)cc1. The first kappa shape index (κ1) is 13.1. The molecule has 0 unspecified atom stereocenters. The summed E-state index contributed by atoms with van der Waals surface area (Å²) in [6, 6.07) is 13.0. The molecule has 1 aromatic heterocycles. The van der Waals surface area contributed by atoms with Gasteiger partial charge in [0.25, 0.3) is 0 Å². The standard InChI is InChI=1S/C15H13FN4O/c16-11-3-7-13(8-4-11)20-14(18-19-15(20)21)9-10-1-5-12(17)6-2-10/h1-8H,9,17H2,(H,19,21). The number of rotatable bonds is 3. The molecular weight excluding hydrogens is 271 g/mol. The Morgan fingerprint density at radius 1 is 1.10 bits per heavy atom. The molecule has 5 nitrogen and oxygen atoms in total. The second-order valence-corrected chi connectivity index (χ2v) is 4.68. The van der Waals surface area contributed by atoms with Crippen LogP contribution in [-0.2, 0) is 6.42 Å².